The summed E-state index contributed by atoms with van der Waals surface area (Å²) in [4.78, 5) is 24.6. The average molecular weight is 572 g/mol. The van der Waals surface area contributed by atoms with Crippen LogP contribution in [-0.4, -0.2) is 33.6 Å². The van der Waals surface area contributed by atoms with Gasteiger partial charge in [0.05, 0.1) is 22.8 Å². The summed E-state index contributed by atoms with van der Waals surface area (Å²) in [6.07, 6.45) is 0.536. The predicted octanol–water partition coefficient (Wildman–Crippen LogP) is 6.36. The van der Waals surface area contributed by atoms with Gasteiger partial charge in [-0.2, -0.15) is 0 Å². The molecule has 0 aromatic heterocycles. The number of nitrogens with one attached hydrogen (secondary N) is 3. The number of carbonyl (C=O) groups is 2. The highest BCUT2D eigenvalue weighted by Gasteiger charge is 2.35. The summed E-state index contributed by atoms with van der Waals surface area (Å²) >= 11 is 35.2. The first-order valence-electron chi connectivity index (χ1n) is 9.68. The van der Waals surface area contributed by atoms with Crippen molar-refractivity contribution >= 4 is 92.9 Å². The molecule has 1 atom stereocenters. The van der Waals surface area contributed by atoms with E-state index in [-0.39, 0.29) is 15.7 Å². The van der Waals surface area contributed by atoms with Crippen molar-refractivity contribution in [1.29, 1.82) is 0 Å². The Balaban J connectivity index is 2.01. The monoisotopic (exact) mass is 569 g/mol. The van der Waals surface area contributed by atoms with Crippen LogP contribution in [0.5, 0.6) is 0 Å². The van der Waals surface area contributed by atoms with Gasteiger partial charge < -0.3 is 20.7 Å². The Kier molecular flexibility index (Phi) is 10.8. The maximum Gasteiger partial charge on any atom is 0.338 e. The Bertz CT molecular complexity index is 1000. The molecule has 0 aliphatic heterocycles. The fourth-order valence-corrected chi connectivity index (χ4v) is 3.52. The smallest absolute Gasteiger partial charge is 0.338 e. The highest BCUT2D eigenvalue weighted by Crippen LogP contribution is 2.30. The molecule has 0 aliphatic rings. The van der Waals surface area contributed by atoms with Crippen LogP contribution in [-0.2, 0) is 4.74 Å². The minimum Gasteiger partial charge on any atom is -0.462 e. The van der Waals surface area contributed by atoms with Crippen molar-refractivity contribution in [3.63, 3.8) is 0 Å². The lowest BCUT2D eigenvalue weighted by Gasteiger charge is -2.28. The fraction of sp³-hybridized carbons (Fsp3) is 0.286. The predicted molar refractivity (Wildman–Crippen MR) is 139 cm³/mol. The quantitative estimate of drug-likeness (QED) is 0.112. The third-order valence-corrected chi connectivity index (χ3v) is 5.59. The number of hydrogen-bond acceptors (Lipinski definition) is 4. The maximum atomic E-state index is 12.6. The molecule has 0 radical (unpaired) electrons. The highest BCUT2D eigenvalue weighted by atomic mass is 35.6. The number of thiocarbonyl (C=S) groups is 1. The SMILES string of the molecule is CCCCOC(=O)c1ccc(NC(=S)N[C@@H](NC(=O)c2ccc(Cl)cc2Cl)C(Cl)(Cl)Cl)cc1. The zero-order valence-corrected chi connectivity index (χ0v) is 21.9. The van der Waals surface area contributed by atoms with Crippen LogP contribution in [0, 0.1) is 0 Å². The molecule has 1 amide bonds. The average Bonchev–Trinajstić information content (AvgIpc) is 2.73. The van der Waals surface area contributed by atoms with Crippen molar-refractivity contribution in [2.24, 2.45) is 0 Å². The summed E-state index contributed by atoms with van der Waals surface area (Å²) in [5, 5.41) is 8.74. The van der Waals surface area contributed by atoms with E-state index in [1.54, 1.807) is 24.3 Å². The van der Waals surface area contributed by atoms with E-state index in [4.69, 9.17) is 75.0 Å². The number of ether oxygens (including phenoxy) is 1. The molecule has 2 aromatic carbocycles. The summed E-state index contributed by atoms with van der Waals surface area (Å²) in [5.41, 5.74) is 1.11. The lowest BCUT2D eigenvalue weighted by molar-refractivity contribution is 0.0499. The highest BCUT2D eigenvalue weighted by molar-refractivity contribution is 7.80. The zero-order chi connectivity index (χ0) is 24.6. The molecule has 0 saturated heterocycles. The van der Waals surface area contributed by atoms with Gasteiger partial charge in [0, 0.05) is 10.7 Å². The van der Waals surface area contributed by atoms with Gasteiger partial charge in [-0.05, 0) is 61.1 Å². The van der Waals surface area contributed by atoms with Crippen molar-refractivity contribution in [2.45, 2.75) is 29.7 Å². The molecule has 0 spiro atoms. The molecule has 6 nitrogen and oxygen atoms in total. The number of hydrogen-bond donors (Lipinski definition) is 3. The van der Waals surface area contributed by atoms with Gasteiger partial charge in [0.15, 0.2) is 5.11 Å². The van der Waals surface area contributed by atoms with Crippen molar-refractivity contribution < 1.29 is 14.3 Å². The van der Waals surface area contributed by atoms with Crippen LogP contribution in [0.3, 0.4) is 0 Å². The van der Waals surface area contributed by atoms with E-state index in [0.29, 0.717) is 22.9 Å². The number of anilines is 1. The number of rotatable bonds is 8. The van der Waals surface area contributed by atoms with E-state index >= 15 is 0 Å². The zero-order valence-electron chi connectivity index (χ0n) is 17.3. The van der Waals surface area contributed by atoms with Crippen LogP contribution in [0.1, 0.15) is 40.5 Å². The van der Waals surface area contributed by atoms with E-state index in [2.05, 4.69) is 16.0 Å². The van der Waals surface area contributed by atoms with E-state index in [1.165, 1.54) is 18.2 Å². The maximum absolute atomic E-state index is 12.6. The summed E-state index contributed by atoms with van der Waals surface area (Å²) < 4.78 is 3.22. The van der Waals surface area contributed by atoms with Crippen LogP contribution in [0.15, 0.2) is 42.5 Å². The van der Waals surface area contributed by atoms with Crippen LogP contribution in [0.2, 0.25) is 10.0 Å². The molecule has 0 bridgehead atoms. The van der Waals surface area contributed by atoms with Gasteiger partial charge >= 0.3 is 5.97 Å². The summed E-state index contributed by atoms with van der Waals surface area (Å²) in [5.74, 6) is -1.01. The number of halogens is 5. The number of amides is 1. The normalized spacial score (nSPS) is 11.9. The minimum absolute atomic E-state index is 0.0621. The summed E-state index contributed by atoms with van der Waals surface area (Å²) in [6.45, 7) is 2.38. The summed E-state index contributed by atoms with van der Waals surface area (Å²) in [6, 6.07) is 10.8. The molecule has 12 heteroatoms. The third kappa shape index (κ3) is 9.00. The first kappa shape index (κ1) is 27.8. The van der Waals surface area contributed by atoms with Gasteiger partial charge in [0.2, 0.25) is 3.79 Å². The molecule has 3 N–H and O–H groups in total. The standard InChI is InChI=1S/C21H20Cl5N3O3S/c1-2-3-10-32-18(31)12-4-7-14(8-5-12)27-20(33)29-19(21(24,25)26)28-17(30)15-9-6-13(22)11-16(15)23/h4-9,11,19H,2-3,10H2,1H3,(H,28,30)(H2,27,29,33)/t19-/m1/s1. The Morgan fingerprint density at radius 1 is 1.06 bits per heavy atom. The topological polar surface area (TPSA) is 79.5 Å². The molecule has 0 unspecified atom stereocenters. The lowest BCUT2D eigenvalue weighted by atomic mass is 10.2. The molecule has 2 rings (SSSR count). The molecule has 0 fully saturated rings. The summed E-state index contributed by atoms with van der Waals surface area (Å²) in [7, 11) is 0. The van der Waals surface area contributed by atoms with Crippen LogP contribution in [0.25, 0.3) is 0 Å². The van der Waals surface area contributed by atoms with Crippen molar-refractivity contribution in [3.05, 3.63) is 63.6 Å². The van der Waals surface area contributed by atoms with Gasteiger partial charge in [0.1, 0.15) is 6.17 Å². The van der Waals surface area contributed by atoms with Crippen molar-refractivity contribution in [3.8, 4) is 0 Å². The van der Waals surface area contributed by atoms with Gasteiger partial charge in [-0.1, -0.05) is 71.3 Å². The first-order chi connectivity index (χ1) is 15.5. The largest absolute Gasteiger partial charge is 0.462 e. The minimum atomic E-state index is -1.95. The van der Waals surface area contributed by atoms with Gasteiger partial charge in [0.25, 0.3) is 5.91 Å². The first-order valence-corrected chi connectivity index (χ1v) is 12.0. The van der Waals surface area contributed by atoms with E-state index < -0.39 is 21.8 Å². The van der Waals surface area contributed by atoms with Gasteiger partial charge in [-0.15, -0.1) is 0 Å². The van der Waals surface area contributed by atoms with E-state index in [9.17, 15) is 9.59 Å². The van der Waals surface area contributed by atoms with Crippen LogP contribution < -0.4 is 16.0 Å². The second-order valence-electron chi connectivity index (χ2n) is 6.74. The van der Waals surface area contributed by atoms with Crippen LogP contribution >= 0.6 is 70.2 Å². The molecule has 0 saturated carbocycles. The van der Waals surface area contributed by atoms with Crippen molar-refractivity contribution in [2.75, 3.05) is 11.9 Å². The number of esters is 1. The fourth-order valence-electron chi connectivity index (χ4n) is 2.46. The second-order valence-corrected chi connectivity index (χ2v) is 10.4. The molecule has 0 aliphatic carbocycles. The van der Waals surface area contributed by atoms with Crippen LogP contribution in [0.4, 0.5) is 5.69 Å². The molecular weight excluding hydrogens is 552 g/mol. The second kappa shape index (κ2) is 12.8. The molecule has 0 heterocycles. The Labute approximate surface area is 222 Å². The molecule has 33 heavy (non-hydrogen) atoms. The Hall–Kier alpha value is -1.48. The van der Waals surface area contributed by atoms with Gasteiger partial charge in [-0.25, -0.2) is 4.79 Å². The molecular formula is C21H20Cl5N3O3S. The van der Waals surface area contributed by atoms with Gasteiger partial charge in [-0.3, -0.25) is 4.79 Å². The Morgan fingerprint density at radius 3 is 2.30 bits per heavy atom. The van der Waals surface area contributed by atoms with E-state index in [1.807, 2.05) is 6.92 Å². The number of unbranched alkanes of at least 4 members (excludes halogenated alkanes) is 1. The van der Waals surface area contributed by atoms with E-state index in [0.717, 1.165) is 12.8 Å². The van der Waals surface area contributed by atoms with Crippen molar-refractivity contribution in [1.82, 2.24) is 10.6 Å². The molecule has 178 valence electrons. The molecule has 2 aromatic rings. The number of alkyl halides is 3. The number of benzene rings is 2. The third-order valence-electron chi connectivity index (χ3n) is 4.16. The Morgan fingerprint density at radius 2 is 1.73 bits per heavy atom. The lowest BCUT2D eigenvalue weighted by Crippen LogP contribution is -2.56. The number of carbonyl (C=O) groups excluding carboxylic acids is 2.